The second-order valence-corrected chi connectivity index (χ2v) is 4.22. The smallest absolute Gasteiger partial charge is 0.404 e. The van der Waals surface area contributed by atoms with E-state index in [0.717, 1.165) is 0 Å². The van der Waals surface area contributed by atoms with Gasteiger partial charge in [0.1, 0.15) is 0 Å². The summed E-state index contributed by atoms with van der Waals surface area (Å²) in [6, 6.07) is 0. The van der Waals surface area contributed by atoms with Gasteiger partial charge in [0, 0.05) is 13.0 Å². The van der Waals surface area contributed by atoms with Crippen molar-refractivity contribution in [3.63, 3.8) is 0 Å². The predicted molar refractivity (Wildman–Crippen MR) is 66.4 cm³/mol. The minimum atomic E-state index is -1.06. The van der Waals surface area contributed by atoms with Crippen LogP contribution < -0.4 is 16.4 Å². The van der Waals surface area contributed by atoms with Gasteiger partial charge in [-0.15, -0.1) is 12.4 Å². The maximum Gasteiger partial charge on any atom is 0.404 e. The number of carbonyl (C=O) groups is 3. The topological polar surface area (TPSA) is 122 Å². The number of amides is 3. The number of nitrogens with one attached hydrogen (secondary N) is 2. The summed E-state index contributed by atoms with van der Waals surface area (Å²) in [4.78, 5) is 32.7. The SMILES string of the molecule is Cl.NC1(CCCCNC(=O)O)CCC(=O)NC1=O. The van der Waals surface area contributed by atoms with Crippen LogP contribution in [0, 0.1) is 0 Å². The summed E-state index contributed by atoms with van der Waals surface area (Å²) in [5, 5.41) is 12.8. The molecule has 18 heavy (non-hydrogen) atoms. The molecule has 1 atom stereocenters. The molecule has 1 aliphatic rings. The predicted octanol–water partition coefficient (Wildman–Crippen LogP) is -0.0198. The van der Waals surface area contributed by atoms with E-state index in [9.17, 15) is 14.4 Å². The Hall–Kier alpha value is -1.34. The minimum absolute atomic E-state index is 0. The molecule has 1 rings (SSSR count). The molecule has 0 bridgehead atoms. The molecule has 0 aromatic heterocycles. The summed E-state index contributed by atoms with van der Waals surface area (Å²) in [5.41, 5.74) is 4.92. The number of nitrogens with two attached hydrogens (primary N) is 1. The van der Waals surface area contributed by atoms with Crippen LogP contribution in [0.1, 0.15) is 32.1 Å². The number of carboxylic acid groups (broad SMARTS) is 1. The number of piperidine rings is 1. The highest BCUT2D eigenvalue weighted by Crippen LogP contribution is 2.21. The molecule has 0 aromatic rings. The van der Waals surface area contributed by atoms with E-state index < -0.39 is 17.5 Å². The first-order valence-corrected chi connectivity index (χ1v) is 5.54. The summed E-state index contributed by atoms with van der Waals surface area (Å²) in [5.74, 6) is -0.719. The summed E-state index contributed by atoms with van der Waals surface area (Å²) >= 11 is 0. The monoisotopic (exact) mass is 279 g/mol. The summed E-state index contributed by atoms with van der Waals surface area (Å²) < 4.78 is 0. The lowest BCUT2D eigenvalue weighted by Crippen LogP contribution is -2.59. The number of halogens is 1. The minimum Gasteiger partial charge on any atom is -0.465 e. The van der Waals surface area contributed by atoms with Crippen LogP contribution in [0.15, 0.2) is 0 Å². The van der Waals surface area contributed by atoms with Crippen LogP contribution in [0.5, 0.6) is 0 Å². The third-order valence-corrected chi connectivity index (χ3v) is 2.83. The molecule has 1 saturated heterocycles. The lowest BCUT2D eigenvalue weighted by atomic mass is 9.85. The Labute approximate surface area is 111 Å². The van der Waals surface area contributed by atoms with Crippen molar-refractivity contribution in [1.82, 2.24) is 10.6 Å². The zero-order valence-electron chi connectivity index (χ0n) is 9.90. The Bertz CT molecular complexity index is 337. The van der Waals surface area contributed by atoms with E-state index in [1.807, 2.05) is 0 Å². The molecule has 0 aromatic carbocycles. The van der Waals surface area contributed by atoms with E-state index in [1.165, 1.54) is 0 Å². The van der Waals surface area contributed by atoms with Crippen molar-refractivity contribution in [2.45, 2.75) is 37.6 Å². The van der Waals surface area contributed by atoms with Crippen molar-refractivity contribution in [3.8, 4) is 0 Å². The van der Waals surface area contributed by atoms with Crippen molar-refractivity contribution in [2.24, 2.45) is 5.73 Å². The van der Waals surface area contributed by atoms with E-state index in [-0.39, 0.29) is 24.7 Å². The van der Waals surface area contributed by atoms with Gasteiger partial charge < -0.3 is 16.2 Å². The molecule has 0 aliphatic carbocycles. The highest BCUT2D eigenvalue weighted by atomic mass is 35.5. The molecule has 1 unspecified atom stereocenters. The molecule has 8 heteroatoms. The highest BCUT2D eigenvalue weighted by molar-refractivity contribution is 6.02. The number of rotatable bonds is 5. The van der Waals surface area contributed by atoms with Crippen molar-refractivity contribution in [2.75, 3.05) is 6.54 Å². The molecule has 0 radical (unpaired) electrons. The van der Waals surface area contributed by atoms with Gasteiger partial charge in [-0.25, -0.2) is 4.79 Å². The van der Waals surface area contributed by atoms with Gasteiger partial charge in [-0.05, 0) is 25.7 Å². The fourth-order valence-corrected chi connectivity index (χ4v) is 1.76. The third kappa shape index (κ3) is 4.89. The second kappa shape index (κ2) is 7.17. The fourth-order valence-electron chi connectivity index (χ4n) is 1.76. The van der Waals surface area contributed by atoms with E-state index in [1.54, 1.807) is 0 Å². The van der Waals surface area contributed by atoms with Crippen LogP contribution >= 0.6 is 12.4 Å². The van der Waals surface area contributed by atoms with Gasteiger partial charge in [0.25, 0.3) is 0 Å². The fraction of sp³-hybridized carbons (Fsp3) is 0.700. The van der Waals surface area contributed by atoms with Gasteiger partial charge in [-0.2, -0.15) is 0 Å². The lowest BCUT2D eigenvalue weighted by Gasteiger charge is -2.31. The Morgan fingerprint density at radius 1 is 1.44 bits per heavy atom. The average molecular weight is 280 g/mol. The van der Waals surface area contributed by atoms with Gasteiger partial charge in [-0.1, -0.05) is 0 Å². The standard InChI is InChI=1S/C10H17N3O4.ClH/c11-10(4-1-2-6-12-9(16)17)5-3-7(14)13-8(10)15;/h12H,1-6,11H2,(H,16,17)(H,13,14,15);1H. The molecular formula is C10H18ClN3O4. The van der Waals surface area contributed by atoms with Gasteiger partial charge >= 0.3 is 6.09 Å². The molecule has 1 fully saturated rings. The second-order valence-electron chi connectivity index (χ2n) is 4.22. The Morgan fingerprint density at radius 2 is 2.11 bits per heavy atom. The normalized spacial score (nSPS) is 22.9. The van der Waals surface area contributed by atoms with Crippen molar-refractivity contribution >= 4 is 30.3 Å². The molecule has 1 heterocycles. The Kier molecular flexibility index (Phi) is 6.64. The molecule has 0 saturated carbocycles. The van der Waals surface area contributed by atoms with Crippen LogP contribution in [0.4, 0.5) is 4.79 Å². The number of imide groups is 1. The molecular weight excluding hydrogens is 262 g/mol. The number of unbranched alkanes of at least 4 members (excludes halogenated alkanes) is 1. The van der Waals surface area contributed by atoms with Crippen LogP contribution in [0.2, 0.25) is 0 Å². The molecule has 0 spiro atoms. The lowest BCUT2D eigenvalue weighted by molar-refractivity contribution is -0.137. The van der Waals surface area contributed by atoms with Crippen LogP contribution in [0.3, 0.4) is 0 Å². The Morgan fingerprint density at radius 3 is 2.67 bits per heavy atom. The zero-order valence-corrected chi connectivity index (χ0v) is 10.7. The molecule has 1 aliphatic heterocycles. The van der Waals surface area contributed by atoms with E-state index in [2.05, 4.69) is 10.6 Å². The van der Waals surface area contributed by atoms with Crippen LogP contribution in [0.25, 0.3) is 0 Å². The van der Waals surface area contributed by atoms with Gasteiger partial charge in [0.05, 0.1) is 5.54 Å². The summed E-state index contributed by atoms with van der Waals surface area (Å²) in [6.45, 7) is 0.339. The first-order valence-electron chi connectivity index (χ1n) is 5.54. The molecule has 104 valence electrons. The van der Waals surface area contributed by atoms with Crippen LogP contribution in [-0.4, -0.2) is 35.1 Å². The van der Waals surface area contributed by atoms with E-state index >= 15 is 0 Å². The van der Waals surface area contributed by atoms with E-state index in [0.29, 0.717) is 32.2 Å². The van der Waals surface area contributed by atoms with Gasteiger partial charge in [-0.3, -0.25) is 14.9 Å². The highest BCUT2D eigenvalue weighted by Gasteiger charge is 2.38. The molecule has 3 amide bonds. The zero-order chi connectivity index (χ0) is 12.9. The first-order chi connectivity index (χ1) is 7.94. The first kappa shape index (κ1) is 16.7. The summed E-state index contributed by atoms with van der Waals surface area (Å²) in [6.07, 6.45) is 1.26. The van der Waals surface area contributed by atoms with Gasteiger partial charge in [0.2, 0.25) is 11.8 Å². The summed E-state index contributed by atoms with van der Waals surface area (Å²) in [7, 11) is 0. The largest absolute Gasteiger partial charge is 0.465 e. The number of hydrogen-bond acceptors (Lipinski definition) is 4. The maximum absolute atomic E-state index is 11.5. The third-order valence-electron chi connectivity index (χ3n) is 2.83. The Balaban J connectivity index is 0.00000289. The number of hydrogen-bond donors (Lipinski definition) is 4. The maximum atomic E-state index is 11.5. The van der Waals surface area contributed by atoms with Crippen LogP contribution in [-0.2, 0) is 9.59 Å². The molecule has 5 N–H and O–H groups in total. The van der Waals surface area contributed by atoms with Gasteiger partial charge in [0.15, 0.2) is 0 Å². The quantitative estimate of drug-likeness (QED) is 0.416. The average Bonchev–Trinajstić information content (AvgIpc) is 2.24. The molecule has 7 nitrogen and oxygen atoms in total. The van der Waals surface area contributed by atoms with Crippen molar-refractivity contribution in [1.29, 1.82) is 0 Å². The van der Waals surface area contributed by atoms with Crippen molar-refractivity contribution in [3.05, 3.63) is 0 Å². The number of carbonyl (C=O) groups excluding carboxylic acids is 2. The van der Waals surface area contributed by atoms with Crippen molar-refractivity contribution < 1.29 is 19.5 Å². The van der Waals surface area contributed by atoms with E-state index in [4.69, 9.17) is 10.8 Å².